The third kappa shape index (κ3) is 3.44. The summed E-state index contributed by atoms with van der Waals surface area (Å²) in [5.41, 5.74) is 2.49. The van der Waals surface area contributed by atoms with Crippen LogP contribution in [0.5, 0.6) is 11.5 Å². The van der Waals surface area contributed by atoms with Crippen LogP contribution in [0.25, 0.3) is 5.76 Å². The molecule has 166 valence electrons. The van der Waals surface area contributed by atoms with Crippen LogP contribution in [0.2, 0.25) is 0 Å². The fourth-order valence-electron chi connectivity index (χ4n) is 5.14. The fourth-order valence-corrected chi connectivity index (χ4v) is 5.14. The third-order valence-electron chi connectivity index (χ3n) is 6.67. The van der Waals surface area contributed by atoms with Gasteiger partial charge in [0.2, 0.25) is 0 Å². The number of Topliss-reactive ketones (excluding diaryl/α,β-unsaturated/α-hetero) is 1. The Kier molecular flexibility index (Phi) is 5.37. The summed E-state index contributed by atoms with van der Waals surface area (Å²) in [6.45, 7) is 3.09. The second kappa shape index (κ2) is 8.34. The van der Waals surface area contributed by atoms with E-state index < -0.39 is 17.7 Å². The SMILES string of the molecule is CCOc1ccc(C2/C(=C(/O)c3ccc4c(c3)CCO4)C(=O)C(=O)N2C2CCCC2)cc1. The molecule has 2 aliphatic heterocycles. The maximum Gasteiger partial charge on any atom is 0.295 e. The number of carbonyl (C=O) groups excluding carboxylic acids is 2. The number of aliphatic hydroxyl groups excluding tert-OH is 1. The number of carbonyl (C=O) groups is 2. The molecule has 3 aliphatic rings. The summed E-state index contributed by atoms with van der Waals surface area (Å²) in [5, 5.41) is 11.3. The molecular weight excluding hydrogens is 406 g/mol. The number of rotatable bonds is 5. The molecule has 2 heterocycles. The fraction of sp³-hybridized carbons (Fsp3) is 0.385. The van der Waals surface area contributed by atoms with E-state index in [0.29, 0.717) is 18.8 Å². The van der Waals surface area contributed by atoms with E-state index in [4.69, 9.17) is 9.47 Å². The second-order valence-corrected chi connectivity index (χ2v) is 8.57. The lowest BCUT2D eigenvalue weighted by Gasteiger charge is -2.30. The van der Waals surface area contributed by atoms with E-state index in [0.717, 1.165) is 54.7 Å². The van der Waals surface area contributed by atoms with Crippen LogP contribution in [0, 0.1) is 0 Å². The van der Waals surface area contributed by atoms with Crippen molar-refractivity contribution in [2.24, 2.45) is 0 Å². The first kappa shape index (κ1) is 20.6. The predicted molar refractivity (Wildman–Crippen MR) is 120 cm³/mol. The van der Waals surface area contributed by atoms with E-state index in [-0.39, 0.29) is 17.4 Å². The highest BCUT2D eigenvalue weighted by atomic mass is 16.5. The number of fused-ring (bicyclic) bond motifs is 1. The maximum absolute atomic E-state index is 13.2. The first-order valence-electron chi connectivity index (χ1n) is 11.4. The molecular formula is C26H27NO5. The van der Waals surface area contributed by atoms with E-state index in [9.17, 15) is 14.7 Å². The van der Waals surface area contributed by atoms with Crippen LogP contribution >= 0.6 is 0 Å². The van der Waals surface area contributed by atoms with Gasteiger partial charge in [0, 0.05) is 18.0 Å². The molecule has 0 radical (unpaired) electrons. The molecule has 1 aliphatic carbocycles. The lowest BCUT2D eigenvalue weighted by molar-refractivity contribution is -0.141. The molecule has 0 aromatic heterocycles. The highest BCUT2D eigenvalue weighted by Crippen LogP contribution is 2.44. The summed E-state index contributed by atoms with van der Waals surface area (Å²) in [7, 11) is 0. The Morgan fingerprint density at radius 1 is 1.12 bits per heavy atom. The van der Waals surface area contributed by atoms with Gasteiger partial charge in [-0.15, -0.1) is 0 Å². The van der Waals surface area contributed by atoms with Crippen LogP contribution in [0.1, 0.15) is 55.3 Å². The van der Waals surface area contributed by atoms with Crippen molar-refractivity contribution >= 4 is 17.4 Å². The average molecular weight is 434 g/mol. The van der Waals surface area contributed by atoms with Gasteiger partial charge in [0.05, 0.1) is 24.8 Å². The minimum absolute atomic E-state index is 0.00161. The van der Waals surface area contributed by atoms with Crippen molar-refractivity contribution < 1.29 is 24.2 Å². The monoisotopic (exact) mass is 433 g/mol. The molecule has 2 fully saturated rings. The number of amides is 1. The molecule has 5 rings (SSSR count). The molecule has 6 nitrogen and oxygen atoms in total. The van der Waals surface area contributed by atoms with Crippen molar-refractivity contribution in [1.82, 2.24) is 4.90 Å². The van der Waals surface area contributed by atoms with E-state index in [1.54, 1.807) is 11.0 Å². The Morgan fingerprint density at radius 2 is 1.88 bits per heavy atom. The zero-order chi connectivity index (χ0) is 22.2. The van der Waals surface area contributed by atoms with Gasteiger partial charge in [0.1, 0.15) is 17.3 Å². The van der Waals surface area contributed by atoms with Gasteiger partial charge in [-0.25, -0.2) is 0 Å². The van der Waals surface area contributed by atoms with E-state index >= 15 is 0 Å². The minimum Gasteiger partial charge on any atom is -0.507 e. The maximum atomic E-state index is 13.2. The Hall–Kier alpha value is -3.28. The van der Waals surface area contributed by atoms with Gasteiger partial charge in [-0.2, -0.15) is 0 Å². The normalized spacial score (nSPS) is 22.3. The van der Waals surface area contributed by atoms with Crippen LogP contribution < -0.4 is 9.47 Å². The molecule has 1 unspecified atom stereocenters. The van der Waals surface area contributed by atoms with E-state index in [1.165, 1.54) is 0 Å². The summed E-state index contributed by atoms with van der Waals surface area (Å²) in [6, 6.07) is 12.3. The van der Waals surface area contributed by atoms with E-state index in [1.807, 2.05) is 43.3 Å². The topological polar surface area (TPSA) is 76.1 Å². The summed E-state index contributed by atoms with van der Waals surface area (Å²) >= 11 is 0. The zero-order valence-corrected chi connectivity index (χ0v) is 18.2. The largest absolute Gasteiger partial charge is 0.507 e. The Balaban J connectivity index is 1.62. The molecule has 1 atom stereocenters. The van der Waals surface area contributed by atoms with Crippen molar-refractivity contribution in [2.45, 2.75) is 51.1 Å². The third-order valence-corrected chi connectivity index (χ3v) is 6.67. The highest BCUT2D eigenvalue weighted by molar-refractivity contribution is 6.46. The summed E-state index contributed by atoms with van der Waals surface area (Å²) in [6.07, 6.45) is 4.58. The average Bonchev–Trinajstić information content (AvgIpc) is 3.54. The van der Waals surface area contributed by atoms with Crippen molar-refractivity contribution in [3.8, 4) is 11.5 Å². The lowest BCUT2D eigenvalue weighted by atomic mass is 9.94. The Bertz CT molecular complexity index is 1080. The van der Waals surface area contributed by atoms with Gasteiger partial charge >= 0.3 is 0 Å². The van der Waals surface area contributed by atoms with Crippen molar-refractivity contribution in [3.05, 3.63) is 64.7 Å². The number of nitrogens with zero attached hydrogens (tertiary/aromatic N) is 1. The van der Waals surface area contributed by atoms with Gasteiger partial charge in [0.25, 0.3) is 11.7 Å². The van der Waals surface area contributed by atoms with Gasteiger partial charge in [-0.1, -0.05) is 25.0 Å². The molecule has 1 saturated heterocycles. The zero-order valence-electron chi connectivity index (χ0n) is 18.2. The number of likely N-dealkylation sites (tertiary alicyclic amines) is 1. The van der Waals surface area contributed by atoms with Crippen LogP contribution in [0.4, 0.5) is 0 Å². The van der Waals surface area contributed by atoms with Crippen molar-refractivity contribution in [3.63, 3.8) is 0 Å². The molecule has 1 amide bonds. The number of benzene rings is 2. The van der Waals surface area contributed by atoms with Crippen molar-refractivity contribution in [1.29, 1.82) is 0 Å². The smallest absolute Gasteiger partial charge is 0.295 e. The summed E-state index contributed by atoms with van der Waals surface area (Å²) < 4.78 is 11.1. The van der Waals surface area contributed by atoms with Gasteiger partial charge < -0.3 is 19.5 Å². The van der Waals surface area contributed by atoms with Gasteiger partial charge in [-0.3, -0.25) is 9.59 Å². The van der Waals surface area contributed by atoms with Gasteiger partial charge in [0.15, 0.2) is 0 Å². The van der Waals surface area contributed by atoms with Crippen LogP contribution in [0.15, 0.2) is 48.0 Å². The minimum atomic E-state index is -0.620. The Labute approximate surface area is 187 Å². The first-order chi connectivity index (χ1) is 15.6. The molecule has 6 heteroatoms. The quantitative estimate of drug-likeness (QED) is 0.430. The molecule has 32 heavy (non-hydrogen) atoms. The molecule has 1 saturated carbocycles. The van der Waals surface area contributed by atoms with Crippen LogP contribution in [-0.2, 0) is 16.0 Å². The molecule has 2 aromatic carbocycles. The van der Waals surface area contributed by atoms with Gasteiger partial charge in [-0.05, 0) is 61.2 Å². The molecule has 1 N–H and O–H groups in total. The number of hydrogen-bond donors (Lipinski definition) is 1. The van der Waals surface area contributed by atoms with E-state index in [2.05, 4.69) is 0 Å². The van der Waals surface area contributed by atoms with Crippen LogP contribution in [0.3, 0.4) is 0 Å². The van der Waals surface area contributed by atoms with Crippen molar-refractivity contribution in [2.75, 3.05) is 13.2 Å². The number of aliphatic hydroxyl groups is 1. The lowest BCUT2D eigenvalue weighted by Crippen LogP contribution is -2.37. The molecule has 2 aromatic rings. The molecule has 0 bridgehead atoms. The summed E-state index contributed by atoms with van der Waals surface area (Å²) in [4.78, 5) is 28.1. The standard InChI is InChI=1S/C26H27NO5/c1-2-31-20-10-7-16(8-11-20)23-22(25(29)26(30)27(23)19-5-3-4-6-19)24(28)18-9-12-21-17(15-18)13-14-32-21/h7-12,15,19,23,28H,2-6,13-14H2,1H3/b24-22-. The number of hydrogen-bond acceptors (Lipinski definition) is 5. The second-order valence-electron chi connectivity index (χ2n) is 8.57. The molecule has 0 spiro atoms. The first-order valence-corrected chi connectivity index (χ1v) is 11.4. The summed E-state index contributed by atoms with van der Waals surface area (Å²) in [5.74, 6) is 0.257. The number of ether oxygens (including phenoxy) is 2. The van der Waals surface area contributed by atoms with Crippen LogP contribution in [-0.4, -0.2) is 41.0 Å². The Morgan fingerprint density at radius 3 is 2.59 bits per heavy atom. The predicted octanol–water partition coefficient (Wildman–Crippen LogP) is 4.38. The number of ketones is 1. The highest BCUT2D eigenvalue weighted by Gasteiger charge is 2.49.